The predicted molar refractivity (Wildman–Crippen MR) is 100 cm³/mol. The van der Waals surface area contributed by atoms with Crippen LogP contribution in [0, 0.1) is 11.3 Å². The molecule has 1 unspecified atom stereocenters. The standard InChI is InChI=1S/C16H33N3O2.2ClH/c1-12(20)10-19-8-6-13(7-9-19)11-18(5)15(21)14(17)16(2,3)4;;/h12-14,20H,6-11,17H2,1-5H3;2*1H/t12?,14-;;/m1../s1. The molecule has 3 N–H and O–H groups in total. The number of amides is 1. The van der Waals surface area contributed by atoms with Gasteiger partial charge in [-0.15, -0.1) is 24.8 Å². The molecule has 1 rings (SSSR count). The molecule has 140 valence electrons. The van der Waals surface area contributed by atoms with Crippen LogP contribution in [0.1, 0.15) is 40.5 Å². The molecule has 1 aliphatic rings. The first kappa shape index (κ1) is 25.2. The van der Waals surface area contributed by atoms with Crippen molar-refractivity contribution in [2.24, 2.45) is 17.1 Å². The van der Waals surface area contributed by atoms with Crippen LogP contribution in [0.4, 0.5) is 0 Å². The number of nitrogens with zero attached hydrogens (tertiary/aromatic N) is 2. The predicted octanol–water partition coefficient (Wildman–Crippen LogP) is 1.75. The van der Waals surface area contributed by atoms with Gasteiger partial charge in [-0.25, -0.2) is 0 Å². The Bertz CT molecular complexity index is 341. The molecule has 0 bridgehead atoms. The number of likely N-dealkylation sites (N-methyl/N-ethyl adjacent to an activating group) is 1. The Morgan fingerprint density at radius 3 is 2.17 bits per heavy atom. The van der Waals surface area contributed by atoms with Crippen LogP contribution in [0.3, 0.4) is 0 Å². The molecular weight excluding hydrogens is 337 g/mol. The summed E-state index contributed by atoms with van der Waals surface area (Å²) in [4.78, 5) is 16.4. The summed E-state index contributed by atoms with van der Waals surface area (Å²) in [5.74, 6) is 0.574. The number of hydrogen-bond acceptors (Lipinski definition) is 4. The minimum Gasteiger partial charge on any atom is -0.392 e. The first-order valence-electron chi connectivity index (χ1n) is 8.02. The van der Waals surface area contributed by atoms with Crippen molar-refractivity contribution in [2.45, 2.75) is 52.7 Å². The average Bonchev–Trinajstić information content (AvgIpc) is 2.37. The van der Waals surface area contributed by atoms with Crippen LogP contribution in [0.2, 0.25) is 0 Å². The molecule has 1 amide bonds. The largest absolute Gasteiger partial charge is 0.392 e. The van der Waals surface area contributed by atoms with E-state index in [9.17, 15) is 9.90 Å². The van der Waals surface area contributed by atoms with Crippen LogP contribution in [0.5, 0.6) is 0 Å². The third kappa shape index (κ3) is 8.54. The maximum atomic E-state index is 12.3. The molecule has 1 fully saturated rings. The van der Waals surface area contributed by atoms with E-state index in [-0.39, 0.29) is 42.2 Å². The van der Waals surface area contributed by atoms with Crippen molar-refractivity contribution in [2.75, 3.05) is 33.2 Å². The van der Waals surface area contributed by atoms with Gasteiger partial charge in [0.25, 0.3) is 0 Å². The summed E-state index contributed by atoms with van der Waals surface area (Å²) < 4.78 is 0. The first-order chi connectivity index (χ1) is 9.61. The average molecular weight is 372 g/mol. The summed E-state index contributed by atoms with van der Waals surface area (Å²) in [7, 11) is 1.86. The van der Waals surface area contributed by atoms with Crippen LogP contribution in [-0.4, -0.2) is 66.2 Å². The van der Waals surface area contributed by atoms with Gasteiger partial charge in [0.15, 0.2) is 0 Å². The third-order valence-corrected chi connectivity index (χ3v) is 4.34. The monoisotopic (exact) mass is 371 g/mol. The lowest BCUT2D eigenvalue weighted by Gasteiger charge is -2.36. The molecule has 0 saturated carbocycles. The van der Waals surface area contributed by atoms with E-state index >= 15 is 0 Å². The van der Waals surface area contributed by atoms with E-state index in [0.29, 0.717) is 5.92 Å². The summed E-state index contributed by atoms with van der Waals surface area (Å²) >= 11 is 0. The Kier molecular flexibility index (Phi) is 11.7. The fourth-order valence-electron chi connectivity index (χ4n) is 2.81. The van der Waals surface area contributed by atoms with Crippen molar-refractivity contribution in [1.82, 2.24) is 9.80 Å². The molecule has 2 atom stereocenters. The molecule has 0 aromatic rings. The molecule has 7 heteroatoms. The summed E-state index contributed by atoms with van der Waals surface area (Å²) in [5.41, 5.74) is 5.85. The minimum atomic E-state index is -0.446. The number of carbonyl (C=O) groups is 1. The fraction of sp³-hybridized carbons (Fsp3) is 0.938. The highest BCUT2D eigenvalue weighted by molar-refractivity contribution is 5.85. The molecule has 23 heavy (non-hydrogen) atoms. The van der Waals surface area contributed by atoms with Crippen LogP contribution in [0.25, 0.3) is 0 Å². The molecule has 0 radical (unpaired) electrons. The number of aliphatic hydroxyl groups excluding tert-OH is 1. The number of aliphatic hydroxyl groups is 1. The van der Waals surface area contributed by atoms with Crippen molar-refractivity contribution in [3.63, 3.8) is 0 Å². The topological polar surface area (TPSA) is 69.8 Å². The van der Waals surface area contributed by atoms with Gasteiger partial charge >= 0.3 is 0 Å². The summed E-state index contributed by atoms with van der Waals surface area (Å²) in [6.07, 6.45) is 1.89. The van der Waals surface area contributed by atoms with E-state index in [1.54, 1.807) is 4.90 Å². The minimum absolute atomic E-state index is 0. The zero-order valence-electron chi connectivity index (χ0n) is 15.1. The van der Waals surface area contributed by atoms with Crippen LogP contribution in [0.15, 0.2) is 0 Å². The normalized spacial score (nSPS) is 19.3. The fourth-order valence-corrected chi connectivity index (χ4v) is 2.81. The second kappa shape index (κ2) is 10.7. The summed E-state index contributed by atoms with van der Waals surface area (Å²) in [6.45, 7) is 11.4. The first-order valence-corrected chi connectivity index (χ1v) is 8.02. The van der Waals surface area contributed by atoms with E-state index in [1.807, 2.05) is 34.7 Å². The van der Waals surface area contributed by atoms with Crippen LogP contribution < -0.4 is 5.73 Å². The summed E-state index contributed by atoms with van der Waals surface area (Å²) in [5, 5.41) is 9.42. The van der Waals surface area contributed by atoms with Gasteiger partial charge < -0.3 is 20.6 Å². The van der Waals surface area contributed by atoms with E-state index < -0.39 is 6.04 Å². The molecule has 0 aliphatic carbocycles. The zero-order chi connectivity index (χ0) is 16.2. The third-order valence-electron chi connectivity index (χ3n) is 4.34. The zero-order valence-corrected chi connectivity index (χ0v) is 16.8. The van der Waals surface area contributed by atoms with Gasteiger partial charge in [-0.3, -0.25) is 4.79 Å². The lowest BCUT2D eigenvalue weighted by molar-refractivity contribution is -0.134. The smallest absolute Gasteiger partial charge is 0.239 e. The molecule has 1 aliphatic heterocycles. The molecular formula is C16H35Cl2N3O2. The van der Waals surface area contributed by atoms with E-state index in [0.717, 1.165) is 39.0 Å². The van der Waals surface area contributed by atoms with Gasteiger partial charge in [-0.05, 0) is 44.2 Å². The van der Waals surface area contributed by atoms with Crippen molar-refractivity contribution in [3.8, 4) is 0 Å². The Morgan fingerprint density at radius 2 is 1.78 bits per heavy atom. The number of hydrogen-bond donors (Lipinski definition) is 2. The lowest BCUT2D eigenvalue weighted by atomic mass is 9.86. The molecule has 1 heterocycles. The highest BCUT2D eigenvalue weighted by atomic mass is 35.5. The van der Waals surface area contributed by atoms with Gasteiger partial charge in [-0.2, -0.15) is 0 Å². The molecule has 0 aromatic carbocycles. The molecule has 0 spiro atoms. The number of rotatable bonds is 5. The Labute approximate surface area is 153 Å². The molecule has 5 nitrogen and oxygen atoms in total. The van der Waals surface area contributed by atoms with Gasteiger partial charge in [0.05, 0.1) is 12.1 Å². The second-order valence-corrected chi connectivity index (χ2v) is 7.66. The van der Waals surface area contributed by atoms with Crippen LogP contribution in [-0.2, 0) is 4.79 Å². The van der Waals surface area contributed by atoms with Crippen molar-refractivity contribution in [1.29, 1.82) is 0 Å². The maximum Gasteiger partial charge on any atom is 0.239 e. The number of β-amino-alcohol motifs (C(OH)–C–C–N with tert-alkyl or cyclic N) is 1. The number of nitrogens with two attached hydrogens (primary N) is 1. The molecule has 1 saturated heterocycles. The van der Waals surface area contributed by atoms with Gasteiger partial charge in [0, 0.05) is 20.1 Å². The second-order valence-electron chi connectivity index (χ2n) is 7.66. The van der Waals surface area contributed by atoms with Crippen LogP contribution >= 0.6 is 24.8 Å². The number of carbonyl (C=O) groups excluding carboxylic acids is 1. The summed E-state index contributed by atoms with van der Waals surface area (Å²) in [6, 6.07) is -0.446. The SMILES string of the molecule is CC(O)CN1CCC(CN(C)C(=O)[C@@H](N)C(C)(C)C)CC1.Cl.Cl. The molecule has 0 aromatic heterocycles. The van der Waals surface area contributed by atoms with Gasteiger partial charge in [-0.1, -0.05) is 20.8 Å². The maximum absolute atomic E-state index is 12.3. The van der Waals surface area contributed by atoms with Crippen molar-refractivity contribution < 1.29 is 9.90 Å². The number of likely N-dealkylation sites (tertiary alicyclic amines) is 1. The van der Waals surface area contributed by atoms with Crippen molar-refractivity contribution in [3.05, 3.63) is 0 Å². The number of piperidine rings is 1. The Hall–Kier alpha value is -0.0700. The highest BCUT2D eigenvalue weighted by Gasteiger charge is 2.31. The lowest BCUT2D eigenvalue weighted by Crippen LogP contribution is -2.50. The highest BCUT2D eigenvalue weighted by Crippen LogP contribution is 2.21. The van der Waals surface area contributed by atoms with Gasteiger partial charge in [0.1, 0.15) is 0 Å². The van der Waals surface area contributed by atoms with E-state index in [4.69, 9.17) is 5.73 Å². The van der Waals surface area contributed by atoms with E-state index in [2.05, 4.69) is 4.90 Å². The Morgan fingerprint density at radius 1 is 1.30 bits per heavy atom. The van der Waals surface area contributed by atoms with Gasteiger partial charge in [0.2, 0.25) is 5.91 Å². The van der Waals surface area contributed by atoms with E-state index in [1.165, 1.54) is 0 Å². The van der Waals surface area contributed by atoms with Crippen molar-refractivity contribution >= 4 is 30.7 Å². The number of halogens is 2. The quantitative estimate of drug-likeness (QED) is 0.772. The Balaban J connectivity index is 0.